The first-order chi connectivity index (χ1) is 23.1. The lowest BCUT2D eigenvalue weighted by Gasteiger charge is -2.45. The standard InChI is InChI=1S/C35H37Cl2F2N5O4/c1-47-17-22-12-29(41-15-23(22)14-40-28-13-27(28)39)32(45)43-35(11-5-7-25(31(35)37)24-6-3-4-8-26(24)36)30-10-9-21(33(42-30)48-2)16-44-19-34(46,18-38)20-44/h3-12,15,27-28,31,40,46H,13-14,16-20H2,1-2H3,(H,43,45)/t27-,28+,31?,35?/m0/s1. The van der Waals surface area contributed by atoms with Gasteiger partial charge in [-0.1, -0.05) is 54.1 Å². The summed E-state index contributed by atoms with van der Waals surface area (Å²) < 4.78 is 37.7. The van der Waals surface area contributed by atoms with Gasteiger partial charge in [-0.3, -0.25) is 14.7 Å². The van der Waals surface area contributed by atoms with E-state index in [2.05, 4.69) is 15.6 Å². The molecule has 1 aromatic carbocycles. The molecule has 13 heteroatoms. The van der Waals surface area contributed by atoms with Crippen LogP contribution in [0.25, 0.3) is 5.57 Å². The first-order valence-corrected chi connectivity index (χ1v) is 16.4. The van der Waals surface area contributed by atoms with Gasteiger partial charge in [0.15, 0.2) is 0 Å². The molecule has 3 aromatic rings. The number of likely N-dealkylation sites (tertiary alicyclic amines) is 1. The molecule has 2 aliphatic carbocycles. The Kier molecular flexibility index (Phi) is 10.2. The molecular weight excluding hydrogens is 663 g/mol. The van der Waals surface area contributed by atoms with Crippen LogP contribution in [0.2, 0.25) is 5.02 Å². The molecule has 1 aliphatic heterocycles. The maximum Gasteiger partial charge on any atom is 0.270 e. The molecule has 2 aromatic heterocycles. The van der Waals surface area contributed by atoms with Gasteiger partial charge in [-0.05, 0) is 46.9 Å². The predicted octanol–water partition coefficient (Wildman–Crippen LogP) is 4.89. The number of halogens is 4. The van der Waals surface area contributed by atoms with Gasteiger partial charge < -0.3 is 25.2 Å². The summed E-state index contributed by atoms with van der Waals surface area (Å²) in [5.41, 5.74) is 1.44. The zero-order valence-corrected chi connectivity index (χ0v) is 28.1. The maximum atomic E-state index is 14.1. The number of nitrogens with zero attached hydrogens (tertiary/aromatic N) is 3. The molecule has 4 atom stereocenters. The van der Waals surface area contributed by atoms with Gasteiger partial charge in [0.05, 0.1) is 24.8 Å². The number of β-amino-alcohol motifs (C(OH)–C–C–N with tert-alkyl or cyclic N) is 1. The van der Waals surface area contributed by atoms with Gasteiger partial charge in [0.25, 0.3) is 5.91 Å². The van der Waals surface area contributed by atoms with Crippen LogP contribution in [0.1, 0.15) is 44.9 Å². The molecule has 3 heterocycles. The number of ether oxygens (including phenoxy) is 2. The minimum absolute atomic E-state index is 0.132. The number of carbonyl (C=O) groups is 1. The Hall–Kier alpha value is -3.45. The second kappa shape index (κ2) is 14.2. The summed E-state index contributed by atoms with van der Waals surface area (Å²) in [4.78, 5) is 25.3. The molecule has 48 heavy (non-hydrogen) atoms. The maximum absolute atomic E-state index is 14.1. The number of aromatic nitrogens is 2. The topological polar surface area (TPSA) is 109 Å². The third-order valence-corrected chi connectivity index (χ3v) is 9.84. The number of hydrogen-bond donors (Lipinski definition) is 3. The van der Waals surface area contributed by atoms with Crippen molar-refractivity contribution in [3.05, 3.63) is 106 Å². The number of rotatable bonds is 13. The van der Waals surface area contributed by atoms with Gasteiger partial charge in [0, 0.05) is 56.1 Å². The molecule has 9 nitrogen and oxygen atoms in total. The van der Waals surface area contributed by atoms with Crippen LogP contribution >= 0.6 is 23.2 Å². The Morgan fingerprint density at radius 1 is 1.17 bits per heavy atom. The molecule has 0 radical (unpaired) electrons. The van der Waals surface area contributed by atoms with E-state index in [4.69, 9.17) is 37.7 Å². The fourth-order valence-electron chi connectivity index (χ4n) is 6.21. The highest BCUT2D eigenvalue weighted by Crippen LogP contribution is 2.43. The van der Waals surface area contributed by atoms with E-state index in [-0.39, 0.29) is 31.4 Å². The fourth-order valence-corrected chi connectivity index (χ4v) is 6.88. The average molecular weight is 701 g/mol. The van der Waals surface area contributed by atoms with Crippen LogP contribution in [-0.4, -0.2) is 83.1 Å². The van der Waals surface area contributed by atoms with Crippen LogP contribution in [0.3, 0.4) is 0 Å². The van der Waals surface area contributed by atoms with Crippen molar-refractivity contribution >= 4 is 34.7 Å². The molecule has 254 valence electrons. The summed E-state index contributed by atoms with van der Waals surface area (Å²) in [6.07, 6.45) is 6.65. The molecule has 0 bridgehead atoms. The number of allylic oxidation sites excluding steroid dienone is 2. The van der Waals surface area contributed by atoms with Gasteiger partial charge in [-0.2, -0.15) is 0 Å². The van der Waals surface area contributed by atoms with Crippen molar-refractivity contribution in [3.63, 3.8) is 0 Å². The first-order valence-electron chi connectivity index (χ1n) is 15.6. The number of methoxy groups -OCH3 is 2. The van der Waals surface area contributed by atoms with Gasteiger partial charge in [0.2, 0.25) is 5.88 Å². The van der Waals surface area contributed by atoms with Crippen molar-refractivity contribution in [3.8, 4) is 5.88 Å². The van der Waals surface area contributed by atoms with E-state index in [9.17, 15) is 18.7 Å². The fraction of sp³-hybridized carbons (Fsp3) is 0.400. The van der Waals surface area contributed by atoms with Crippen LogP contribution < -0.4 is 15.4 Å². The lowest BCUT2D eigenvalue weighted by atomic mass is 9.80. The third-order valence-electron chi connectivity index (χ3n) is 8.93. The summed E-state index contributed by atoms with van der Waals surface area (Å²) in [7, 11) is 3.05. The van der Waals surface area contributed by atoms with Crippen LogP contribution in [0, 0.1) is 0 Å². The van der Waals surface area contributed by atoms with Crippen molar-refractivity contribution < 1.29 is 28.2 Å². The van der Waals surface area contributed by atoms with E-state index in [1.807, 2.05) is 35.2 Å². The SMILES string of the molecule is COCc1cc(C(=O)NC2(c3ccc(CN4CC(O)(CF)C4)c(OC)n3)C=CC=C(c3ccccc3Cl)C2Cl)ncc1CN[C@@H]1C[C@@H]1F. The Balaban J connectivity index is 1.34. The normalized spacial score (nSPS) is 24.5. The van der Waals surface area contributed by atoms with Crippen molar-refractivity contribution in [2.45, 2.75) is 54.8 Å². The largest absolute Gasteiger partial charge is 0.481 e. The lowest BCUT2D eigenvalue weighted by molar-refractivity contribution is -0.113. The molecule has 2 unspecified atom stereocenters. The highest BCUT2D eigenvalue weighted by molar-refractivity contribution is 6.34. The number of amides is 1. The van der Waals surface area contributed by atoms with Crippen LogP contribution in [0.15, 0.2) is 66.9 Å². The molecule has 1 saturated heterocycles. The highest BCUT2D eigenvalue weighted by atomic mass is 35.5. The Morgan fingerprint density at radius 2 is 1.94 bits per heavy atom. The van der Waals surface area contributed by atoms with E-state index in [0.29, 0.717) is 47.2 Å². The first kappa shape index (κ1) is 34.4. The Labute approximate surface area is 288 Å². The zero-order valence-electron chi connectivity index (χ0n) is 26.6. The minimum atomic E-state index is -1.38. The van der Waals surface area contributed by atoms with Crippen LogP contribution in [0.5, 0.6) is 5.88 Å². The zero-order chi connectivity index (χ0) is 34.1. The Morgan fingerprint density at radius 3 is 2.62 bits per heavy atom. The van der Waals surface area contributed by atoms with E-state index in [1.54, 1.807) is 43.7 Å². The third kappa shape index (κ3) is 6.99. The summed E-state index contributed by atoms with van der Waals surface area (Å²) in [5.74, 6) is -0.212. The number of pyridine rings is 2. The van der Waals surface area contributed by atoms with Crippen molar-refractivity contribution in [1.82, 2.24) is 25.5 Å². The van der Waals surface area contributed by atoms with Crippen molar-refractivity contribution in [2.75, 3.05) is 34.0 Å². The summed E-state index contributed by atoms with van der Waals surface area (Å²) in [5, 5.41) is 16.1. The molecule has 3 N–H and O–H groups in total. The van der Waals surface area contributed by atoms with Gasteiger partial charge in [-0.25, -0.2) is 13.8 Å². The molecule has 6 rings (SSSR count). The van der Waals surface area contributed by atoms with E-state index >= 15 is 0 Å². The smallest absolute Gasteiger partial charge is 0.270 e. The van der Waals surface area contributed by atoms with Crippen LogP contribution in [-0.2, 0) is 30.0 Å². The predicted molar refractivity (Wildman–Crippen MR) is 179 cm³/mol. The van der Waals surface area contributed by atoms with Crippen molar-refractivity contribution in [2.24, 2.45) is 0 Å². The summed E-state index contributed by atoms with van der Waals surface area (Å²) >= 11 is 14.0. The summed E-state index contributed by atoms with van der Waals surface area (Å²) in [6.45, 7) is 0.566. The number of benzene rings is 1. The minimum Gasteiger partial charge on any atom is -0.481 e. The van der Waals surface area contributed by atoms with Gasteiger partial charge >= 0.3 is 0 Å². The molecular formula is C35H37Cl2F2N5O4. The Bertz CT molecular complexity index is 1740. The van der Waals surface area contributed by atoms with Crippen LogP contribution in [0.4, 0.5) is 8.78 Å². The lowest BCUT2D eigenvalue weighted by Crippen LogP contribution is -2.62. The molecule has 3 aliphatic rings. The number of nitrogens with one attached hydrogen (secondary N) is 2. The number of alkyl halides is 3. The van der Waals surface area contributed by atoms with E-state index in [0.717, 1.165) is 16.7 Å². The molecule has 1 amide bonds. The van der Waals surface area contributed by atoms with E-state index in [1.165, 1.54) is 7.11 Å². The monoisotopic (exact) mass is 699 g/mol. The van der Waals surface area contributed by atoms with Gasteiger partial charge in [-0.15, -0.1) is 11.6 Å². The molecule has 0 spiro atoms. The highest BCUT2D eigenvalue weighted by Gasteiger charge is 2.46. The number of carbonyl (C=O) groups excluding carboxylic acids is 1. The number of hydrogen-bond acceptors (Lipinski definition) is 8. The van der Waals surface area contributed by atoms with E-state index < -0.39 is 35.3 Å². The summed E-state index contributed by atoms with van der Waals surface area (Å²) in [6, 6.07) is 12.4. The second-order valence-electron chi connectivity index (χ2n) is 12.5. The van der Waals surface area contributed by atoms with Crippen molar-refractivity contribution in [1.29, 1.82) is 0 Å². The molecule has 1 saturated carbocycles. The second-order valence-corrected chi connectivity index (χ2v) is 13.4. The van der Waals surface area contributed by atoms with Gasteiger partial charge in [0.1, 0.15) is 29.7 Å². The quantitative estimate of drug-likeness (QED) is 0.217. The average Bonchev–Trinajstić information content (AvgIpc) is 3.79. The molecule has 2 fully saturated rings. The number of aliphatic hydroxyl groups is 1.